The predicted molar refractivity (Wildman–Crippen MR) is 69.6 cm³/mol. The number of pyridine rings is 1. The van der Waals surface area contributed by atoms with E-state index in [1.165, 1.54) is 0 Å². The van der Waals surface area contributed by atoms with Crippen LogP contribution < -0.4 is 10.3 Å². The summed E-state index contributed by atoms with van der Waals surface area (Å²) in [6.45, 7) is 2.27. The summed E-state index contributed by atoms with van der Waals surface area (Å²) in [6.07, 6.45) is 0. The number of aliphatic hydroxyl groups excluding tert-OH is 1. The Balaban J connectivity index is 2.39. The van der Waals surface area contributed by atoms with Crippen LogP contribution in [0.15, 0.2) is 41.2 Å². The lowest BCUT2D eigenvalue weighted by Gasteiger charge is -2.06. The van der Waals surface area contributed by atoms with Gasteiger partial charge in [-0.2, -0.15) is 0 Å². The monoisotopic (exact) mass is 245 g/mol. The molecule has 4 heteroatoms. The molecule has 1 aromatic carbocycles. The molecule has 0 spiro atoms. The first-order valence-corrected chi connectivity index (χ1v) is 5.81. The molecule has 0 unspecified atom stereocenters. The van der Waals surface area contributed by atoms with Gasteiger partial charge in [-0.15, -0.1) is 0 Å². The van der Waals surface area contributed by atoms with E-state index >= 15 is 0 Å². The van der Waals surface area contributed by atoms with E-state index in [9.17, 15) is 4.79 Å². The minimum absolute atomic E-state index is 0.255. The molecular formula is C14H15NO3. The Kier molecular flexibility index (Phi) is 3.79. The standard InChI is InChI=1S/C14H15NO3/c1-2-18-12-5-3-4-10(8-12)13-7-6-11(9-16)14(17)15-13/h3-8,16H,2,9H2,1H3,(H,15,17). The van der Waals surface area contributed by atoms with Crippen LogP contribution in [0, 0.1) is 0 Å². The quantitative estimate of drug-likeness (QED) is 0.865. The van der Waals surface area contributed by atoms with E-state index in [-0.39, 0.29) is 12.2 Å². The molecule has 0 aliphatic heterocycles. The topological polar surface area (TPSA) is 62.3 Å². The second kappa shape index (κ2) is 5.51. The number of aromatic nitrogens is 1. The molecule has 0 saturated heterocycles. The number of hydrogen-bond acceptors (Lipinski definition) is 3. The highest BCUT2D eigenvalue weighted by Crippen LogP contribution is 2.21. The van der Waals surface area contributed by atoms with E-state index in [2.05, 4.69) is 4.98 Å². The highest BCUT2D eigenvalue weighted by atomic mass is 16.5. The average Bonchev–Trinajstić information content (AvgIpc) is 2.39. The van der Waals surface area contributed by atoms with Gasteiger partial charge in [0.05, 0.1) is 13.2 Å². The third-order valence-electron chi connectivity index (χ3n) is 2.62. The first-order chi connectivity index (χ1) is 8.74. The summed E-state index contributed by atoms with van der Waals surface area (Å²) in [6, 6.07) is 10.9. The maximum atomic E-state index is 11.6. The Hall–Kier alpha value is -2.07. The SMILES string of the molecule is CCOc1cccc(-c2ccc(CO)c(=O)[nH]2)c1. The molecule has 0 fully saturated rings. The summed E-state index contributed by atoms with van der Waals surface area (Å²) >= 11 is 0. The lowest BCUT2D eigenvalue weighted by Crippen LogP contribution is -2.12. The molecule has 1 aromatic heterocycles. The summed E-state index contributed by atoms with van der Waals surface area (Å²) in [7, 11) is 0. The number of aliphatic hydroxyl groups is 1. The highest BCUT2D eigenvalue weighted by Gasteiger charge is 2.03. The van der Waals surface area contributed by atoms with Crippen LogP contribution in [-0.2, 0) is 6.61 Å². The molecule has 2 N–H and O–H groups in total. The van der Waals surface area contributed by atoms with Crippen LogP contribution in [0.1, 0.15) is 12.5 Å². The molecule has 0 radical (unpaired) electrons. The summed E-state index contributed by atoms with van der Waals surface area (Å²) < 4.78 is 5.41. The largest absolute Gasteiger partial charge is 0.494 e. The third kappa shape index (κ3) is 2.60. The van der Waals surface area contributed by atoms with Crippen LogP contribution >= 0.6 is 0 Å². The van der Waals surface area contributed by atoms with Gasteiger partial charge in [0.25, 0.3) is 5.56 Å². The van der Waals surface area contributed by atoms with Crippen molar-refractivity contribution >= 4 is 0 Å². The summed E-state index contributed by atoms with van der Waals surface area (Å²) in [5.41, 5.74) is 1.68. The number of hydrogen-bond donors (Lipinski definition) is 2. The van der Waals surface area contributed by atoms with Crippen LogP contribution in [0.3, 0.4) is 0 Å². The summed E-state index contributed by atoms with van der Waals surface area (Å²) in [4.78, 5) is 14.3. The maximum absolute atomic E-state index is 11.6. The van der Waals surface area contributed by atoms with Crippen LogP contribution in [0.5, 0.6) is 5.75 Å². The van der Waals surface area contributed by atoms with Crippen LogP contribution in [0.25, 0.3) is 11.3 Å². The maximum Gasteiger partial charge on any atom is 0.253 e. The Labute approximate surface area is 105 Å². The van der Waals surface area contributed by atoms with E-state index in [1.54, 1.807) is 12.1 Å². The fourth-order valence-electron chi connectivity index (χ4n) is 1.72. The lowest BCUT2D eigenvalue weighted by molar-refractivity contribution is 0.280. The van der Waals surface area contributed by atoms with Gasteiger partial charge < -0.3 is 14.8 Å². The summed E-state index contributed by atoms with van der Waals surface area (Å²) in [5.74, 6) is 0.766. The van der Waals surface area contributed by atoms with Crippen LogP contribution in [0.4, 0.5) is 0 Å². The fraction of sp³-hybridized carbons (Fsp3) is 0.214. The van der Waals surface area contributed by atoms with Crippen molar-refractivity contribution in [2.75, 3.05) is 6.61 Å². The molecule has 0 aliphatic rings. The number of H-pyrrole nitrogens is 1. The smallest absolute Gasteiger partial charge is 0.253 e. The molecule has 0 amide bonds. The number of nitrogens with one attached hydrogen (secondary N) is 1. The second-order valence-electron chi connectivity index (χ2n) is 3.85. The van der Waals surface area contributed by atoms with Gasteiger partial charge in [0.1, 0.15) is 5.75 Å². The Morgan fingerprint density at radius 3 is 2.78 bits per heavy atom. The van der Waals surface area contributed by atoms with Gasteiger partial charge in [-0.3, -0.25) is 4.79 Å². The second-order valence-corrected chi connectivity index (χ2v) is 3.85. The van der Waals surface area contributed by atoms with Crippen molar-refractivity contribution in [3.8, 4) is 17.0 Å². The van der Waals surface area contributed by atoms with Crippen LogP contribution in [-0.4, -0.2) is 16.7 Å². The molecule has 0 aliphatic carbocycles. The van der Waals surface area contributed by atoms with Crippen molar-refractivity contribution < 1.29 is 9.84 Å². The average molecular weight is 245 g/mol. The van der Waals surface area contributed by atoms with E-state index in [1.807, 2.05) is 31.2 Å². The number of aromatic amines is 1. The van der Waals surface area contributed by atoms with Crippen molar-refractivity contribution in [3.63, 3.8) is 0 Å². The number of benzene rings is 1. The van der Waals surface area contributed by atoms with E-state index < -0.39 is 0 Å². The third-order valence-corrected chi connectivity index (χ3v) is 2.62. The highest BCUT2D eigenvalue weighted by molar-refractivity contribution is 5.61. The van der Waals surface area contributed by atoms with Gasteiger partial charge in [-0.25, -0.2) is 0 Å². The Bertz CT molecular complexity index is 590. The van der Waals surface area contributed by atoms with Crippen molar-refractivity contribution in [2.45, 2.75) is 13.5 Å². The van der Waals surface area contributed by atoms with E-state index in [4.69, 9.17) is 9.84 Å². The van der Waals surface area contributed by atoms with Crippen molar-refractivity contribution in [1.82, 2.24) is 4.98 Å². The molecular weight excluding hydrogens is 230 g/mol. The van der Waals surface area contributed by atoms with Crippen molar-refractivity contribution in [1.29, 1.82) is 0 Å². The van der Waals surface area contributed by atoms with Gasteiger partial charge >= 0.3 is 0 Å². The first kappa shape index (κ1) is 12.4. The molecule has 2 aromatic rings. The van der Waals surface area contributed by atoms with Gasteiger partial charge in [0.15, 0.2) is 0 Å². The molecule has 18 heavy (non-hydrogen) atoms. The fourth-order valence-corrected chi connectivity index (χ4v) is 1.72. The normalized spacial score (nSPS) is 10.3. The molecule has 2 rings (SSSR count). The van der Waals surface area contributed by atoms with Crippen LogP contribution in [0.2, 0.25) is 0 Å². The van der Waals surface area contributed by atoms with Gasteiger partial charge in [-0.05, 0) is 31.2 Å². The number of ether oxygens (including phenoxy) is 1. The molecule has 1 heterocycles. The summed E-state index contributed by atoms with van der Waals surface area (Å²) in [5, 5.41) is 8.95. The predicted octanol–water partition coefficient (Wildman–Crippen LogP) is 1.93. The molecule has 0 bridgehead atoms. The van der Waals surface area contributed by atoms with E-state index in [0.29, 0.717) is 17.9 Å². The zero-order chi connectivity index (χ0) is 13.0. The molecule has 4 nitrogen and oxygen atoms in total. The first-order valence-electron chi connectivity index (χ1n) is 5.81. The molecule has 94 valence electrons. The van der Waals surface area contributed by atoms with Gasteiger partial charge in [0.2, 0.25) is 0 Å². The zero-order valence-electron chi connectivity index (χ0n) is 10.1. The minimum atomic E-state index is -0.267. The van der Waals surface area contributed by atoms with Crippen molar-refractivity contribution in [3.05, 3.63) is 52.3 Å². The Morgan fingerprint density at radius 1 is 1.28 bits per heavy atom. The molecule has 0 atom stereocenters. The van der Waals surface area contributed by atoms with Crippen molar-refractivity contribution in [2.24, 2.45) is 0 Å². The number of rotatable bonds is 4. The lowest BCUT2D eigenvalue weighted by atomic mass is 10.1. The van der Waals surface area contributed by atoms with Gasteiger partial charge in [-0.1, -0.05) is 12.1 Å². The van der Waals surface area contributed by atoms with E-state index in [0.717, 1.165) is 11.3 Å². The zero-order valence-corrected chi connectivity index (χ0v) is 10.1. The molecule has 0 saturated carbocycles. The minimum Gasteiger partial charge on any atom is -0.494 e. The van der Waals surface area contributed by atoms with Gasteiger partial charge in [0, 0.05) is 16.8 Å². The Morgan fingerprint density at radius 2 is 2.11 bits per heavy atom.